The van der Waals surface area contributed by atoms with E-state index in [-0.39, 0.29) is 25.0 Å². The van der Waals surface area contributed by atoms with E-state index in [9.17, 15) is 19.5 Å². The van der Waals surface area contributed by atoms with Gasteiger partial charge in [-0.1, -0.05) is 30.1 Å². The van der Waals surface area contributed by atoms with E-state index >= 15 is 0 Å². The summed E-state index contributed by atoms with van der Waals surface area (Å²) in [5, 5.41) is 11.1. The molecule has 2 heterocycles. The summed E-state index contributed by atoms with van der Waals surface area (Å²) in [5.41, 5.74) is -0.583. The second-order valence-corrected chi connectivity index (χ2v) is 8.29. The van der Waals surface area contributed by atoms with Gasteiger partial charge >= 0.3 is 5.69 Å². The second-order valence-electron chi connectivity index (χ2n) is 7.45. The van der Waals surface area contributed by atoms with Gasteiger partial charge in [-0.15, -0.1) is 0 Å². The fraction of sp³-hybridized carbons (Fsp3) is 0.476. The minimum atomic E-state index is -0.844. The van der Waals surface area contributed by atoms with Crippen LogP contribution in [0.2, 0.25) is 10.0 Å². The lowest BCUT2D eigenvalue weighted by molar-refractivity contribution is -0.126. The van der Waals surface area contributed by atoms with Gasteiger partial charge in [-0.2, -0.15) is 0 Å². The highest BCUT2D eigenvalue weighted by Gasteiger charge is 2.36. The Bertz CT molecular complexity index is 1070. The van der Waals surface area contributed by atoms with Crippen molar-refractivity contribution < 1.29 is 19.4 Å². The Balaban J connectivity index is 1.59. The van der Waals surface area contributed by atoms with Gasteiger partial charge in [-0.3, -0.25) is 19.1 Å². The van der Waals surface area contributed by atoms with Crippen LogP contribution in [0, 0.1) is 0 Å². The Hall–Kier alpha value is -2.13. The van der Waals surface area contributed by atoms with Crippen molar-refractivity contribution in [3.05, 3.63) is 60.8 Å². The summed E-state index contributed by atoms with van der Waals surface area (Å²) in [6.07, 6.45) is -0.462. The third kappa shape index (κ3) is 5.57. The van der Waals surface area contributed by atoms with Gasteiger partial charge in [0.1, 0.15) is 12.0 Å². The first-order chi connectivity index (χ1) is 14.7. The molecule has 1 aliphatic heterocycles. The third-order valence-corrected chi connectivity index (χ3v) is 5.79. The molecule has 2 N–H and O–H groups in total. The van der Waals surface area contributed by atoms with Crippen molar-refractivity contribution >= 4 is 29.0 Å². The molecule has 1 aromatic carbocycles. The van der Waals surface area contributed by atoms with Crippen LogP contribution in [-0.2, 0) is 16.0 Å². The maximum atomic E-state index is 12.5. The van der Waals surface area contributed by atoms with Gasteiger partial charge < -0.3 is 14.6 Å². The molecular formula is C21H24Cl2N2O6. The molecule has 1 unspecified atom stereocenters. The van der Waals surface area contributed by atoms with Crippen molar-refractivity contribution in [2.24, 2.45) is 0 Å². The Kier molecular flexibility index (Phi) is 7.59. The molecule has 168 valence electrons. The largest absolute Gasteiger partial charge is 0.481 e. The number of hydrogen-bond donors (Lipinski definition) is 2. The minimum absolute atomic E-state index is 0.113. The van der Waals surface area contributed by atoms with Crippen molar-refractivity contribution in [2.75, 3.05) is 0 Å². The predicted molar refractivity (Wildman–Crippen MR) is 116 cm³/mol. The Morgan fingerprint density at radius 2 is 2.13 bits per heavy atom. The van der Waals surface area contributed by atoms with E-state index in [2.05, 4.69) is 4.98 Å². The second kappa shape index (κ2) is 9.99. The number of aromatic nitrogens is 2. The van der Waals surface area contributed by atoms with Crippen LogP contribution in [-0.4, -0.2) is 38.8 Å². The number of carbonyl (C=O) groups excluding carboxylic acids is 1. The summed E-state index contributed by atoms with van der Waals surface area (Å²) in [6.45, 7) is 3.42. The minimum Gasteiger partial charge on any atom is -0.481 e. The molecule has 3 rings (SSSR count). The van der Waals surface area contributed by atoms with Crippen LogP contribution >= 0.6 is 23.2 Å². The van der Waals surface area contributed by atoms with Gasteiger partial charge in [0.15, 0.2) is 11.9 Å². The summed E-state index contributed by atoms with van der Waals surface area (Å²) in [7, 11) is 0. The van der Waals surface area contributed by atoms with Crippen LogP contribution in [0.5, 0.6) is 5.75 Å². The molecule has 1 saturated heterocycles. The molecule has 0 aliphatic carbocycles. The number of benzene rings is 1. The topological polar surface area (TPSA) is 111 Å². The number of ketones is 1. The molecule has 1 aromatic heterocycles. The standard InChI is InChI=1S/C21H24Cl2N2O6/c1-3-12-10-25(21(29)24-20(12)28)19-9-16(27)18(31-19)7-5-15(26)11(2)30-17-6-4-13(22)8-14(17)23/h4,6,8,10-11,16,18-19,27H,3,5,7,9H2,1-2H3,(H,24,28,29)/t11?,16-,18+,19+/m0/s1. The lowest BCUT2D eigenvalue weighted by Crippen LogP contribution is -2.34. The van der Waals surface area contributed by atoms with E-state index in [0.717, 1.165) is 0 Å². The molecule has 0 bridgehead atoms. The number of halogens is 2. The van der Waals surface area contributed by atoms with Crippen molar-refractivity contribution in [1.29, 1.82) is 0 Å². The average molecular weight is 471 g/mol. The SMILES string of the molecule is CCc1cn([C@H]2C[C@H](O)[C@@H](CCC(=O)C(C)Oc3ccc(Cl)cc3Cl)O2)c(=O)[nH]c1=O. The van der Waals surface area contributed by atoms with Gasteiger partial charge in [0, 0.05) is 29.6 Å². The number of aliphatic hydroxyl groups excluding tert-OH is 1. The fourth-order valence-corrected chi connectivity index (χ4v) is 3.91. The number of carbonyl (C=O) groups is 1. The molecule has 0 saturated carbocycles. The number of aryl methyl sites for hydroxylation is 1. The van der Waals surface area contributed by atoms with Crippen molar-refractivity contribution in [2.45, 2.75) is 64.1 Å². The van der Waals surface area contributed by atoms with Crippen LogP contribution in [0.1, 0.15) is 44.9 Å². The summed E-state index contributed by atoms with van der Waals surface area (Å²) in [6, 6.07) is 4.74. The van der Waals surface area contributed by atoms with E-state index in [1.807, 2.05) is 0 Å². The number of aliphatic hydroxyl groups is 1. The molecule has 2 aromatic rings. The smallest absolute Gasteiger partial charge is 0.330 e. The van der Waals surface area contributed by atoms with E-state index in [4.69, 9.17) is 32.7 Å². The van der Waals surface area contributed by atoms with Crippen molar-refractivity contribution in [3.8, 4) is 5.75 Å². The van der Waals surface area contributed by atoms with E-state index in [1.54, 1.807) is 26.0 Å². The number of ether oxygens (including phenoxy) is 2. The summed E-state index contributed by atoms with van der Waals surface area (Å²) >= 11 is 11.9. The Morgan fingerprint density at radius 3 is 2.81 bits per heavy atom. The number of nitrogens with zero attached hydrogens (tertiary/aromatic N) is 1. The zero-order chi connectivity index (χ0) is 22.7. The lowest BCUT2D eigenvalue weighted by Gasteiger charge is -2.18. The summed E-state index contributed by atoms with van der Waals surface area (Å²) in [4.78, 5) is 38.6. The summed E-state index contributed by atoms with van der Waals surface area (Å²) < 4.78 is 12.7. The van der Waals surface area contributed by atoms with Gasteiger partial charge in [0.25, 0.3) is 5.56 Å². The highest BCUT2D eigenvalue weighted by molar-refractivity contribution is 6.35. The average Bonchev–Trinajstić information content (AvgIpc) is 3.08. The van der Waals surface area contributed by atoms with E-state index in [1.165, 1.54) is 16.8 Å². The van der Waals surface area contributed by atoms with Gasteiger partial charge in [-0.25, -0.2) is 4.79 Å². The lowest BCUT2D eigenvalue weighted by atomic mass is 10.0. The number of rotatable bonds is 8. The zero-order valence-corrected chi connectivity index (χ0v) is 18.7. The van der Waals surface area contributed by atoms with Crippen LogP contribution in [0.4, 0.5) is 0 Å². The Labute approximate surface area is 188 Å². The first-order valence-electron chi connectivity index (χ1n) is 10.0. The number of aromatic amines is 1. The molecule has 0 amide bonds. The molecule has 10 heteroatoms. The predicted octanol–water partition coefficient (Wildman–Crippen LogP) is 2.87. The number of Topliss-reactive ketones (excluding diaryl/α,β-unsaturated/α-hetero) is 1. The van der Waals surface area contributed by atoms with E-state index < -0.39 is 35.8 Å². The van der Waals surface area contributed by atoms with Crippen molar-refractivity contribution in [1.82, 2.24) is 9.55 Å². The quantitative estimate of drug-likeness (QED) is 0.613. The highest BCUT2D eigenvalue weighted by atomic mass is 35.5. The maximum Gasteiger partial charge on any atom is 0.330 e. The Morgan fingerprint density at radius 1 is 1.39 bits per heavy atom. The van der Waals surface area contributed by atoms with Crippen LogP contribution in [0.15, 0.2) is 34.0 Å². The van der Waals surface area contributed by atoms with Gasteiger partial charge in [-0.05, 0) is 38.0 Å². The van der Waals surface area contributed by atoms with E-state index in [0.29, 0.717) is 27.8 Å². The number of hydrogen-bond acceptors (Lipinski definition) is 6. The van der Waals surface area contributed by atoms with Crippen molar-refractivity contribution in [3.63, 3.8) is 0 Å². The monoisotopic (exact) mass is 470 g/mol. The normalized spacial score (nSPS) is 21.8. The molecule has 31 heavy (non-hydrogen) atoms. The zero-order valence-electron chi connectivity index (χ0n) is 17.1. The molecular weight excluding hydrogens is 447 g/mol. The molecule has 4 atom stereocenters. The first kappa shape index (κ1) is 23.5. The first-order valence-corrected chi connectivity index (χ1v) is 10.8. The molecule has 0 radical (unpaired) electrons. The highest BCUT2D eigenvalue weighted by Crippen LogP contribution is 2.31. The van der Waals surface area contributed by atoms with Gasteiger partial charge in [0.2, 0.25) is 0 Å². The van der Waals surface area contributed by atoms with Crippen LogP contribution in [0.25, 0.3) is 0 Å². The van der Waals surface area contributed by atoms with Gasteiger partial charge in [0.05, 0.1) is 17.2 Å². The molecule has 8 nitrogen and oxygen atoms in total. The number of nitrogens with one attached hydrogen (secondary N) is 1. The van der Waals surface area contributed by atoms with Crippen LogP contribution in [0.3, 0.4) is 0 Å². The summed E-state index contributed by atoms with van der Waals surface area (Å²) in [5.74, 6) is 0.174. The number of H-pyrrole nitrogens is 1. The third-order valence-electron chi connectivity index (χ3n) is 5.26. The molecule has 1 aliphatic rings. The van der Waals surface area contributed by atoms with Crippen LogP contribution < -0.4 is 16.0 Å². The molecule has 1 fully saturated rings. The fourth-order valence-electron chi connectivity index (χ4n) is 3.45. The maximum absolute atomic E-state index is 12.5. The molecule has 0 spiro atoms.